The number of carbonyl (C=O) groups excluding carboxylic acids is 1. The van der Waals surface area contributed by atoms with E-state index in [1.165, 1.54) is 0 Å². The van der Waals surface area contributed by atoms with Gasteiger partial charge in [-0.25, -0.2) is 14.8 Å². The first-order valence-corrected chi connectivity index (χ1v) is 8.85. The Morgan fingerprint density at radius 1 is 1.43 bits per heavy atom. The molecule has 1 atom stereocenters. The van der Waals surface area contributed by atoms with E-state index in [9.17, 15) is 4.79 Å². The fourth-order valence-corrected chi connectivity index (χ4v) is 3.87. The Labute approximate surface area is 144 Å². The topological polar surface area (TPSA) is 59.7 Å². The number of nitrogens with zero attached hydrogens (tertiary/aromatic N) is 4. The summed E-state index contributed by atoms with van der Waals surface area (Å²) in [5.74, 6) is 1.72. The number of carbonyl (C=O) groups is 1. The third-order valence-corrected chi connectivity index (χ3v) is 4.92. The van der Waals surface area contributed by atoms with Crippen LogP contribution in [-0.2, 0) is 4.74 Å². The molecule has 3 heterocycles. The van der Waals surface area contributed by atoms with Crippen LogP contribution in [0.25, 0.3) is 5.52 Å². The highest BCUT2D eigenvalue weighted by molar-refractivity contribution is 7.99. The summed E-state index contributed by atoms with van der Waals surface area (Å²) in [4.78, 5) is 22.6. The average molecular weight is 355 g/mol. The minimum atomic E-state index is -0.490. The van der Waals surface area contributed by atoms with Crippen LogP contribution in [0.15, 0.2) is 18.6 Å². The van der Waals surface area contributed by atoms with E-state index in [1.807, 2.05) is 31.4 Å². The third kappa shape index (κ3) is 3.55. The fourth-order valence-electron chi connectivity index (χ4n) is 2.45. The highest BCUT2D eigenvalue weighted by Gasteiger charge is 2.30. The van der Waals surface area contributed by atoms with Crippen molar-refractivity contribution in [3.05, 3.63) is 29.6 Å². The molecule has 1 amide bonds. The molecule has 0 bridgehead atoms. The molecule has 6 nitrogen and oxygen atoms in total. The number of hydrogen-bond donors (Lipinski definition) is 0. The van der Waals surface area contributed by atoms with Crippen LogP contribution in [0, 0.1) is 0 Å². The van der Waals surface area contributed by atoms with Crippen LogP contribution in [0.3, 0.4) is 0 Å². The van der Waals surface area contributed by atoms with E-state index in [2.05, 4.69) is 9.97 Å². The maximum atomic E-state index is 12.3. The van der Waals surface area contributed by atoms with Crippen molar-refractivity contribution in [2.45, 2.75) is 31.6 Å². The molecular weight excluding hydrogens is 336 g/mol. The third-order valence-electron chi connectivity index (χ3n) is 3.45. The molecule has 124 valence electrons. The number of halogens is 1. The highest BCUT2D eigenvalue weighted by atomic mass is 35.5. The van der Waals surface area contributed by atoms with Crippen LogP contribution in [-0.4, -0.2) is 49.8 Å². The lowest BCUT2D eigenvalue weighted by Crippen LogP contribution is -2.42. The van der Waals surface area contributed by atoms with Crippen molar-refractivity contribution in [2.75, 3.05) is 18.8 Å². The number of amides is 1. The molecule has 0 aromatic carbocycles. The second kappa shape index (κ2) is 6.20. The molecule has 1 fully saturated rings. The molecule has 0 spiro atoms. The number of thioether (sulfide) groups is 1. The zero-order chi connectivity index (χ0) is 16.6. The lowest BCUT2D eigenvalue weighted by Gasteiger charge is -2.33. The monoisotopic (exact) mass is 354 g/mol. The maximum Gasteiger partial charge on any atom is 0.410 e. The van der Waals surface area contributed by atoms with Crippen molar-refractivity contribution >= 4 is 35.0 Å². The molecule has 1 aliphatic rings. The lowest BCUT2D eigenvalue weighted by molar-refractivity contribution is 0.0256. The first-order valence-electron chi connectivity index (χ1n) is 7.42. The van der Waals surface area contributed by atoms with Gasteiger partial charge in [-0.1, -0.05) is 11.6 Å². The highest BCUT2D eigenvalue weighted by Crippen LogP contribution is 2.33. The van der Waals surface area contributed by atoms with Gasteiger partial charge < -0.3 is 9.64 Å². The molecule has 8 heteroatoms. The van der Waals surface area contributed by atoms with E-state index >= 15 is 0 Å². The SMILES string of the molecule is CC(C)(C)OC(=O)N1CCS[C@H](c2ncc3c(Cl)nccn23)C1. The molecule has 0 radical (unpaired) electrons. The molecule has 2 aromatic heterocycles. The molecule has 2 aromatic rings. The Hall–Kier alpha value is -1.47. The van der Waals surface area contributed by atoms with E-state index in [4.69, 9.17) is 16.3 Å². The summed E-state index contributed by atoms with van der Waals surface area (Å²) in [5, 5.41) is 0.508. The van der Waals surface area contributed by atoms with Crippen molar-refractivity contribution in [3.63, 3.8) is 0 Å². The van der Waals surface area contributed by atoms with Crippen molar-refractivity contribution in [1.82, 2.24) is 19.3 Å². The predicted molar refractivity (Wildman–Crippen MR) is 91.0 cm³/mol. The summed E-state index contributed by atoms with van der Waals surface area (Å²) in [7, 11) is 0. The number of rotatable bonds is 1. The number of aromatic nitrogens is 3. The first kappa shape index (κ1) is 16.4. The van der Waals surface area contributed by atoms with Gasteiger partial charge in [0.25, 0.3) is 0 Å². The van der Waals surface area contributed by atoms with Crippen molar-refractivity contribution in [2.24, 2.45) is 0 Å². The minimum Gasteiger partial charge on any atom is -0.444 e. The second-order valence-electron chi connectivity index (χ2n) is 6.38. The Morgan fingerprint density at radius 2 is 2.22 bits per heavy atom. The Bertz CT molecular complexity index is 728. The largest absolute Gasteiger partial charge is 0.444 e. The molecule has 1 aliphatic heterocycles. The molecule has 23 heavy (non-hydrogen) atoms. The summed E-state index contributed by atoms with van der Waals surface area (Å²) in [6.07, 6.45) is 4.94. The second-order valence-corrected chi connectivity index (χ2v) is 8.04. The van der Waals surface area contributed by atoms with E-state index < -0.39 is 5.60 Å². The standard InChI is InChI=1S/C15H19ClN4O2S/c1-15(2,3)22-14(21)19-6-7-23-11(9-19)13-18-8-10-12(16)17-4-5-20(10)13/h4-5,8,11H,6-7,9H2,1-3H3/t11-/m0/s1. The van der Waals surface area contributed by atoms with Gasteiger partial charge in [0.05, 0.1) is 11.4 Å². The quantitative estimate of drug-likeness (QED) is 0.785. The summed E-state index contributed by atoms with van der Waals surface area (Å²) < 4.78 is 7.40. The first-order chi connectivity index (χ1) is 10.8. The molecule has 0 aliphatic carbocycles. The van der Waals surface area contributed by atoms with Gasteiger partial charge in [-0.15, -0.1) is 11.8 Å². The average Bonchev–Trinajstić information content (AvgIpc) is 2.91. The van der Waals surface area contributed by atoms with Crippen LogP contribution in [0.1, 0.15) is 31.8 Å². The Morgan fingerprint density at radius 3 is 2.96 bits per heavy atom. The molecule has 1 saturated heterocycles. The molecule has 0 N–H and O–H groups in total. The summed E-state index contributed by atoms with van der Waals surface area (Å²) in [6, 6.07) is 0. The zero-order valence-corrected chi connectivity index (χ0v) is 14.9. The van der Waals surface area contributed by atoms with Gasteiger partial charge in [-0.05, 0) is 20.8 Å². The number of hydrogen-bond acceptors (Lipinski definition) is 5. The Kier molecular flexibility index (Phi) is 4.42. The van der Waals surface area contributed by atoms with Gasteiger partial charge >= 0.3 is 6.09 Å². The summed E-state index contributed by atoms with van der Waals surface area (Å²) >= 11 is 7.88. The fraction of sp³-hybridized carbons (Fsp3) is 0.533. The van der Waals surface area contributed by atoms with Gasteiger partial charge in [0.15, 0.2) is 5.15 Å². The molecule has 0 saturated carbocycles. The molecule has 3 rings (SSSR count). The minimum absolute atomic E-state index is 0.0808. The summed E-state index contributed by atoms with van der Waals surface area (Å²) in [5.41, 5.74) is 0.287. The van der Waals surface area contributed by atoms with Crippen LogP contribution in [0.2, 0.25) is 5.15 Å². The predicted octanol–water partition coefficient (Wildman–Crippen LogP) is 3.41. The van der Waals surface area contributed by atoms with Crippen LogP contribution in [0.4, 0.5) is 4.79 Å². The number of imidazole rings is 1. The van der Waals surface area contributed by atoms with Crippen molar-refractivity contribution < 1.29 is 9.53 Å². The van der Waals surface area contributed by atoms with E-state index in [-0.39, 0.29) is 11.3 Å². The Balaban J connectivity index is 1.80. The van der Waals surface area contributed by atoms with E-state index in [0.717, 1.165) is 17.1 Å². The van der Waals surface area contributed by atoms with Gasteiger partial charge in [0.2, 0.25) is 0 Å². The van der Waals surface area contributed by atoms with Gasteiger partial charge in [0, 0.05) is 31.2 Å². The van der Waals surface area contributed by atoms with Gasteiger partial charge in [0.1, 0.15) is 16.9 Å². The van der Waals surface area contributed by atoms with Gasteiger partial charge in [-0.3, -0.25) is 4.40 Å². The normalized spacial score (nSPS) is 19.1. The van der Waals surface area contributed by atoms with Crippen LogP contribution < -0.4 is 0 Å². The zero-order valence-electron chi connectivity index (χ0n) is 13.3. The summed E-state index contributed by atoms with van der Waals surface area (Å²) in [6.45, 7) is 6.87. The number of ether oxygens (including phenoxy) is 1. The maximum absolute atomic E-state index is 12.3. The van der Waals surface area contributed by atoms with E-state index in [0.29, 0.717) is 18.2 Å². The lowest BCUT2D eigenvalue weighted by atomic mass is 10.2. The molecule has 0 unspecified atom stereocenters. The number of fused-ring (bicyclic) bond motifs is 1. The van der Waals surface area contributed by atoms with Gasteiger partial charge in [-0.2, -0.15) is 0 Å². The van der Waals surface area contributed by atoms with Crippen molar-refractivity contribution in [3.8, 4) is 0 Å². The van der Waals surface area contributed by atoms with E-state index in [1.54, 1.807) is 29.1 Å². The molecular formula is C15H19ClN4O2S. The van der Waals surface area contributed by atoms with Crippen LogP contribution in [0.5, 0.6) is 0 Å². The van der Waals surface area contributed by atoms with Crippen LogP contribution >= 0.6 is 23.4 Å². The smallest absolute Gasteiger partial charge is 0.410 e. The van der Waals surface area contributed by atoms with Crippen molar-refractivity contribution in [1.29, 1.82) is 0 Å².